The van der Waals surface area contributed by atoms with Crippen LogP contribution in [0.2, 0.25) is 0 Å². The molecule has 1 aromatic rings. The van der Waals surface area contributed by atoms with Crippen LogP contribution in [0.15, 0.2) is 18.2 Å². The van der Waals surface area contributed by atoms with Gasteiger partial charge < -0.3 is 0 Å². The second-order valence-corrected chi connectivity index (χ2v) is 4.71. The largest absolute Gasteiger partial charge is 0.299 e. The van der Waals surface area contributed by atoms with Gasteiger partial charge in [-0.2, -0.15) is 0 Å². The van der Waals surface area contributed by atoms with Crippen LogP contribution >= 0.6 is 24.0 Å². The number of rotatable bonds is 4. The first-order chi connectivity index (χ1) is 8.58. The third-order valence-corrected chi connectivity index (χ3v) is 3.28. The van der Waals surface area contributed by atoms with E-state index in [9.17, 15) is 14.9 Å². The summed E-state index contributed by atoms with van der Waals surface area (Å²) < 4.78 is 0. The van der Waals surface area contributed by atoms with E-state index >= 15 is 0 Å². The highest BCUT2D eigenvalue weighted by atomic mass is 35.5. The highest BCUT2D eigenvalue weighted by Gasteiger charge is 2.20. The summed E-state index contributed by atoms with van der Waals surface area (Å²) >= 11 is 5.32. The fourth-order valence-electron chi connectivity index (χ4n) is 2.19. The van der Waals surface area contributed by atoms with Gasteiger partial charge in [-0.3, -0.25) is 19.8 Å². The number of benzene rings is 1. The summed E-state index contributed by atoms with van der Waals surface area (Å²) in [6.45, 7) is 2.71. The lowest BCUT2D eigenvalue weighted by Crippen LogP contribution is -2.18. The van der Waals surface area contributed by atoms with Crippen molar-refractivity contribution in [1.82, 2.24) is 4.90 Å². The van der Waals surface area contributed by atoms with Crippen molar-refractivity contribution in [2.45, 2.75) is 19.4 Å². The molecule has 104 valence electrons. The van der Waals surface area contributed by atoms with Crippen molar-refractivity contribution in [3.63, 3.8) is 0 Å². The number of nitro benzene ring substituents is 1. The first-order valence-electron chi connectivity index (χ1n) is 5.77. The number of carbonyl (C=O) groups is 1. The summed E-state index contributed by atoms with van der Waals surface area (Å²) in [6.07, 6.45) is 2.33. The summed E-state index contributed by atoms with van der Waals surface area (Å²) in [7, 11) is 0. The molecule has 0 atom stereocenters. The molecule has 19 heavy (non-hydrogen) atoms. The molecule has 0 bridgehead atoms. The van der Waals surface area contributed by atoms with Crippen LogP contribution in [-0.4, -0.2) is 28.2 Å². The first-order valence-corrected chi connectivity index (χ1v) is 6.15. The van der Waals surface area contributed by atoms with E-state index in [2.05, 4.69) is 4.90 Å². The molecule has 1 saturated heterocycles. The minimum absolute atomic E-state index is 0. The maximum Gasteiger partial charge on any atom is 0.281 e. The van der Waals surface area contributed by atoms with Crippen molar-refractivity contribution < 1.29 is 9.72 Å². The Morgan fingerprint density at radius 2 is 2.00 bits per heavy atom. The van der Waals surface area contributed by atoms with Crippen molar-refractivity contribution in [1.29, 1.82) is 0 Å². The zero-order chi connectivity index (χ0) is 13.1. The van der Waals surface area contributed by atoms with Gasteiger partial charge in [0, 0.05) is 12.6 Å². The average Bonchev–Trinajstić information content (AvgIpc) is 2.81. The zero-order valence-electron chi connectivity index (χ0n) is 10.2. The van der Waals surface area contributed by atoms with Crippen LogP contribution in [0.5, 0.6) is 0 Å². The van der Waals surface area contributed by atoms with E-state index in [0.29, 0.717) is 6.54 Å². The Labute approximate surface area is 122 Å². The number of hydrogen-bond acceptors (Lipinski definition) is 4. The predicted octanol–water partition coefficient (Wildman–Crippen LogP) is 2.99. The molecule has 0 unspecified atom stereocenters. The lowest BCUT2D eigenvalue weighted by atomic mass is 10.1. The Bertz CT molecular complexity index is 488. The number of nitro groups is 1. The van der Waals surface area contributed by atoms with E-state index < -0.39 is 10.2 Å². The fourth-order valence-corrected chi connectivity index (χ4v) is 2.35. The highest BCUT2D eigenvalue weighted by Crippen LogP contribution is 2.23. The Morgan fingerprint density at radius 1 is 1.37 bits per heavy atom. The topological polar surface area (TPSA) is 63.5 Å². The smallest absolute Gasteiger partial charge is 0.281 e. The number of hydrogen-bond donors (Lipinski definition) is 0. The SMILES string of the molecule is Cl.O=C(Cl)c1ccc(CN2CCCC2)cc1[N+](=O)[O-]. The minimum atomic E-state index is -0.797. The fraction of sp³-hybridized carbons (Fsp3) is 0.417. The van der Waals surface area contributed by atoms with Gasteiger partial charge in [0.1, 0.15) is 5.56 Å². The average molecular weight is 305 g/mol. The van der Waals surface area contributed by atoms with E-state index in [4.69, 9.17) is 11.6 Å². The van der Waals surface area contributed by atoms with Crippen LogP contribution in [-0.2, 0) is 6.54 Å². The summed E-state index contributed by atoms with van der Waals surface area (Å²) in [6, 6.07) is 4.59. The van der Waals surface area contributed by atoms with Gasteiger partial charge in [0.2, 0.25) is 0 Å². The van der Waals surface area contributed by atoms with Crippen LogP contribution in [0.3, 0.4) is 0 Å². The van der Waals surface area contributed by atoms with Gasteiger partial charge in [0.15, 0.2) is 0 Å². The van der Waals surface area contributed by atoms with Gasteiger partial charge in [-0.25, -0.2) is 0 Å². The van der Waals surface area contributed by atoms with Crippen LogP contribution in [0.1, 0.15) is 28.8 Å². The van der Waals surface area contributed by atoms with Crippen molar-refractivity contribution in [3.8, 4) is 0 Å². The van der Waals surface area contributed by atoms with Gasteiger partial charge >= 0.3 is 0 Å². The lowest BCUT2D eigenvalue weighted by Gasteiger charge is -2.14. The van der Waals surface area contributed by atoms with Gasteiger partial charge in [0.25, 0.3) is 10.9 Å². The highest BCUT2D eigenvalue weighted by molar-refractivity contribution is 6.68. The predicted molar refractivity (Wildman–Crippen MR) is 75.0 cm³/mol. The molecule has 0 aromatic heterocycles. The van der Waals surface area contributed by atoms with Crippen molar-refractivity contribution in [2.24, 2.45) is 0 Å². The summed E-state index contributed by atoms with van der Waals surface area (Å²) in [5.74, 6) is 0. The van der Waals surface area contributed by atoms with Crippen molar-refractivity contribution in [3.05, 3.63) is 39.4 Å². The molecule has 0 radical (unpaired) electrons. The molecule has 1 aromatic carbocycles. The lowest BCUT2D eigenvalue weighted by molar-refractivity contribution is -0.385. The minimum Gasteiger partial charge on any atom is -0.299 e. The molecule has 1 fully saturated rings. The van der Waals surface area contributed by atoms with E-state index in [1.165, 1.54) is 25.0 Å². The second kappa shape index (κ2) is 6.84. The van der Waals surface area contributed by atoms with Crippen molar-refractivity contribution in [2.75, 3.05) is 13.1 Å². The quantitative estimate of drug-likeness (QED) is 0.487. The Morgan fingerprint density at radius 3 is 2.53 bits per heavy atom. The maximum atomic E-state index is 11.1. The maximum absolute atomic E-state index is 11.1. The van der Waals surface area contributed by atoms with Crippen LogP contribution in [0, 0.1) is 10.1 Å². The Kier molecular flexibility index (Phi) is 5.72. The summed E-state index contributed by atoms with van der Waals surface area (Å²) in [5, 5.41) is 10.1. The van der Waals surface area contributed by atoms with Gasteiger partial charge in [-0.05, 0) is 49.2 Å². The van der Waals surface area contributed by atoms with Gasteiger partial charge in [-0.15, -0.1) is 12.4 Å². The van der Waals surface area contributed by atoms with Crippen molar-refractivity contribution >= 4 is 34.9 Å². The standard InChI is InChI=1S/C12H13ClN2O3.ClH/c13-12(16)10-4-3-9(7-11(10)15(17)18)8-14-5-1-2-6-14;/h3-4,7H,1-2,5-6,8H2;1H. The molecule has 1 aliphatic rings. The molecule has 0 amide bonds. The molecular formula is C12H14Cl2N2O3. The zero-order valence-corrected chi connectivity index (χ0v) is 11.7. The third-order valence-electron chi connectivity index (χ3n) is 3.08. The summed E-state index contributed by atoms with van der Waals surface area (Å²) in [5.41, 5.74) is 0.573. The number of nitrogens with zero attached hydrogens (tertiary/aromatic N) is 2. The van der Waals surface area contributed by atoms with Gasteiger partial charge in [0.05, 0.1) is 4.92 Å². The van der Waals surface area contributed by atoms with Gasteiger partial charge in [-0.1, -0.05) is 6.07 Å². The normalized spacial score (nSPS) is 15.0. The monoisotopic (exact) mass is 304 g/mol. The Hall–Kier alpha value is -1.17. The molecule has 0 N–H and O–H groups in total. The molecule has 1 heterocycles. The molecule has 1 aliphatic heterocycles. The van der Waals surface area contributed by atoms with E-state index in [1.807, 2.05) is 0 Å². The molecule has 7 heteroatoms. The van der Waals surface area contributed by atoms with E-state index in [1.54, 1.807) is 6.07 Å². The molecular weight excluding hydrogens is 291 g/mol. The summed E-state index contributed by atoms with van der Waals surface area (Å²) in [4.78, 5) is 23.6. The Balaban J connectivity index is 0.00000180. The second-order valence-electron chi connectivity index (χ2n) is 4.37. The van der Waals surface area contributed by atoms with E-state index in [0.717, 1.165) is 18.7 Å². The van der Waals surface area contributed by atoms with Crippen LogP contribution in [0.25, 0.3) is 0 Å². The molecule has 0 aliphatic carbocycles. The van der Waals surface area contributed by atoms with E-state index in [-0.39, 0.29) is 23.7 Å². The number of likely N-dealkylation sites (tertiary alicyclic amines) is 1. The number of halogens is 2. The first kappa shape index (κ1) is 15.9. The molecule has 2 rings (SSSR count). The molecule has 0 spiro atoms. The number of carbonyl (C=O) groups excluding carboxylic acids is 1. The molecule has 5 nitrogen and oxygen atoms in total. The van der Waals surface area contributed by atoms with Crippen LogP contribution < -0.4 is 0 Å². The third kappa shape index (κ3) is 3.89. The van der Waals surface area contributed by atoms with Crippen LogP contribution in [0.4, 0.5) is 5.69 Å². The molecule has 0 saturated carbocycles.